The van der Waals surface area contributed by atoms with E-state index in [1.165, 1.54) is 7.11 Å². The van der Waals surface area contributed by atoms with Gasteiger partial charge in [0.25, 0.3) is 0 Å². The third kappa shape index (κ3) is 6.33. The van der Waals surface area contributed by atoms with Crippen molar-refractivity contribution in [3.8, 4) is 16.9 Å². The minimum absolute atomic E-state index is 0.340. The van der Waals surface area contributed by atoms with Gasteiger partial charge < -0.3 is 15.2 Å². The summed E-state index contributed by atoms with van der Waals surface area (Å²) in [5.41, 5.74) is 0.647. The number of carbonyl (C=O) groups is 2. The molecule has 0 bridgehead atoms. The number of nitrogens with one attached hydrogen (secondary N) is 1. The van der Waals surface area contributed by atoms with Crippen molar-refractivity contribution in [1.82, 2.24) is 15.2 Å². The highest BCUT2D eigenvalue weighted by Gasteiger charge is 2.61. The van der Waals surface area contributed by atoms with E-state index in [4.69, 9.17) is 4.74 Å². The third-order valence-corrected chi connectivity index (χ3v) is 8.75. The van der Waals surface area contributed by atoms with Crippen LogP contribution in [0.25, 0.3) is 32.8 Å². The van der Waals surface area contributed by atoms with Crippen molar-refractivity contribution in [3.63, 3.8) is 0 Å². The molecule has 46 heavy (non-hydrogen) atoms. The molecule has 2 N–H and O–H groups in total. The van der Waals surface area contributed by atoms with Gasteiger partial charge >= 0.3 is 18.3 Å². The Morgan fingerprint density at radius 2 is 1.65 bits per heavy atom. The van der Waals surface area contributed by atoms with Gasteiger partial charge in [0.15, 0.2) is 0 Å². The van der Waals surface area contributed by atoms with Crippen molar-refractivity contribution in [2.75, 3.05) is 26.7 Å². The molecule has 0 spiro atoms. The van der Waals surface area contributed by atoms with Gasteiger partial charge in [-0.2, -0.15) is 26.3 Å². The average molecular weight is 648 g/mol. The first-order chi connectivity index (χ1) is 21.6. The number of nitrogens with zero attached hydrogens (tertiary/aromatic N) is 2. The van der Waals surface area contributed by atoms with Crippen molar-refractivity contribution >= 4 is 33.6 Å². The number of fused-ring (bicyclic) bond motifs is 2. The van der Waals surface area contributed by atoms with Crippen molar-refractivity contribution in [2.45, 2.75) is 44.6 Å². The van der Waals surface area contributed by atoms with Gasteiger partial charge in [-0.15, -0.1) is 0 Å². The second kappa shape index (κ2) is 12.4. The Labute approximate surface area is 260 Å². The lowest BCUT2D eigenvalue weighted by Gasteiger charge is -2.42. The van der Waals surface area contributed by atoms with Crippen molar-refractivity contribution in [2.24, 2.45) is 5.41 Å². The van der Waals surface area contributed by atoms with Gasteiger partial charge in [-0.25, -0.2) is 4.79 Å². The number of aromatic nitrogens is 1. The second-order valence-corrected chi connectivity index (χ2v) is 11.5. The topological polar surface area (TPSA) is 91.8 Å². The van der Waals surface area contributed by atoms with Gasteiger partial charge in [0.05, 0.1) is 19.2 Å². The number of hydrogen-bond donors (Lipinski definition) is 2. The van der Waals surface area contributed by atoms with Crippen LogP contribution < -0.4 is 10.1 Å². The van der Waals surface area contributed by atoms with E-state index in [2.05, 4.69) is 10.3 Å². The van der Waals surface area contributed by atoms with Gasteiger partial charge in [-0.1, -0.05) is 42.5 Å². The first-order valence-electron chi connectivity index (χ1n) is 14.5. The van der Waals surface area contributed by atoms with Crippen LogP contribution in [0.15, 0.2) is 60.8 Å². The summed E-state index contributed by atoms with van der Waals surface area (Å²) >= 11 is 0. The Hall–Kier alpha value is -4.39. The number of rotatable bonds is 8. The van der Waals surface area contributed by atoms with Gasteiger partial charge in [0.2, 0.25) is 5.91 Å². The Morgan fingerprint density at radius 3 is 2.28 bits per heavy atom. The zero-order valence-corrected chi connectivity index (χ0v) is 24.9. The Kier molecular flexibility index (Phi) is 8.91. The summed E-state index contributed by atoms with van der Waals surface area (Å²) in [6.07, 6.45) is -10.2. The number of halogens is 6. The van der Waals surface area contributed by atoms with E-state index >= 15 is 0 Å². The van der Waals surface area contributed by atoms with E-state index < -0.39 is 68.2 Å². The van der Waals surface area contributed by atoms with Crippen molar-refractivity contribution in [3.05, 3.63) is 71.9 Å². The highest BCUT2D eigenvalue weighted by Crippen LogP contribution is 2.47. The maximum Gasteiger partial charge on any atom is 0.403 e. The molecular weight excluding hydrogens is 616 g/mol. The normalized spacial score (nSPS) is 16.3. The monoisotopic (exact) mass is 647 g/mol. The molecule has 244 valence electrons. The predicted octanol–water partition coefficient (Wildman–Crippen LogP) is 6.69. The molecule has 0 unspecified atom stereocenters. The number of ether oxygens (including phenoxy) is 1. The zero-order valence-electron chi connectivity index (χ0n) is 24.9. The molecule has 0 aliphatic carbocycles. The minimum atomic E-state index is -5.11. The summed E-state index contributed by atoms with van der Waals surface area (Å²) < 4.78 is 87.2. The van der Waals surface area contributed by atoms with Crippen LogP contribution in [-0.2, 0) is 16.0 Å². The number of carboxylic acid groups (broad SMARTS) is 1. The molecule has 1 amide bonds. The van der Waals surface area contributed by atoms with Crippen LogP contribution in [0.4, 0.5) is 26.3 Å². The number of carbonyl (C=O) groups excluding carboxylic acids is 1. The molecule has 1 aromatic heterocycles. The smallest absolute Gasteiger partial charge is 0.403 e. The number of methoxy groups -OCH3 is 1. The summed E-state index contributed by atoms with van der Waals surface area (Å²) in [6, 6.07) is 14.4. The summed E-state index contributed by atoms with van der Waals surface area (Å²) in [7, 11) is 1.54. The fourth-order valence-electron chi connectivity index (χ4n) is 6.33. The third-order valence-electron chi connectivity index (χ3n) is 8.75. The molecule has 1 atom stereocenters. The largest absolute Gasteiger partial charge is 0.496 e. The molecular formula is C33H31F6N3O4. The predicted molar refractivity (Wildman–Crippen MR) is 159 cm³/mol. The number of piperidine rings is 1. The lowest BCUT2D eigenvalue weighted by atomic mass is 9.76. The van der Waals surface area contributed by atoms with E-state index in [1.54, 1.807) is 30.5 Å². The Balaban J connectivity index is 1.47. The maximum absolute atomic E-state index is 14.3. The molecule has 0 saturated carbocycles. The summed E-state index contributed by atoms with van der Waals surface area (Å²) in [5.74, 6) is -2.55. The molecule has 1 aliphatic heterocycles. The fourth-order valence-corrected chi connectivity index (χ4v) is 6.33. The minimum Gasteiger partial charge on any atom is -0.496 e. The van der Waals surface area contributed by atoms with Gasteiger partial charge in [0, 0.05) is 29.6 Å². The SMILES string of the molecule is COc1cc2ncccc2c(C)c1-c1cccc2c(C[C@H](NC(=O)C3(C(F)(F)F)CCN(CC(F)(F)F)CC3)C(=O)O)cccc12. The van der Waals surface area contributed by atoms with Crippen LogP contribution in [0.1, 0.15) is 24.0 Å². The standard InChI is InChI=1S/C33H31F6N3O4/c1-19-21-10-5-13-40-25(21)17-27(46-2)28(19)24-9-4-7-22-20(6-3-8-23(22)24)16-26(29(43)44)41-30(45)31(33(37,38)39)11-14-42(15-12-31)18-32(34,35)36/h3-10,13,17,26H,11-12,14-16,18H2,1-2H3,(H,41,45)(H,43,44)/t26-/m0/s1. The highest BCUT2D eigenvalue weighted by molar-refractivity contribution is 6.03. The van der Waals surface area contributed by atoms with Crippen LogP contribution in [0, 0.1) is 12.3 Å². The molecule has 5 rings (SSSR count). The van der Waals surface area contributed by atoms with E-state index in [1.807, 2.05) is 37.3 Å². The van der Waals surface area contributed by atoms with E-state index in [9.17, 15) is 41.0 Å². The Morgan fingerprint density at radius 1 is 1.00 bits per heavy atom. The molecule has 1 saturated heterocycles. The summed E-state index contributed by atoms with van der Waals surface area (Å²) in [6.45, 7) is -0.705. The van der Waals surface area contributed by atoms with E-state index in [0.29, 0.717) is 16.7 Å². The lowest BCUT2D eigenvalue weighted by Crippen LogP contribution is -2.59. The number of aryl methyl sites for hydroxylation is 1. The molecule has 4 aromatic rings. The number of carboxylic acids is 1. The van der Waals surface area contributed by atoms with Crippen molar-refractivity contribution < 1.29 is 45.8 Å². The van der Waals surface area contributed by atoms with Gasteiger partial charge in [0.1, 0.15) is 17.2 Å². The summed E-state index contributed by atoms with van der Waals surface area (Å²) in [4.78, 5) is 30.8. The molecule has 7 nitrogen and oxygen atoms in total. The molecule has 2 heterocycles. The molecule has 13 heteroatoms. The number of benzene rings is 3. The van der Waals surface area contributed by atoms with Gasteiger partial charge in [-0.3, -0.25) is 14.7 Å². The van der Waals surface area contributed by atoms with E-state index in [-0.39, 0.29) is 6.42 Å². The fraction of sp³-hybridized carbons (Fsp3) is 0.364. The first kappa shape index (κ1) is 33.0. The maximum atomic E-state index is 14.3. The number of likely N-dealkylation sites (tertiary alicyclic amines) is 1. The number of hydrogen-bond acceptors (Lipinski definition) is 5. The number of pyridine rings is 1. The quantitative estimate of drug-likeness (QED) is 0.207. The van der Waals surface area contributed by atoms with E-state index in [0.717, 1.165) is 37.9 Å². The molecule has 1 aliphatic rings. The second-order valence-electron chi connectivity index (χ2n) is 11.5. The number of alkyl halides is 6. The number of aliphatic carboxylic acids is 1. The Bertz CT molecular complexity index is 1780. The van der Waals surface area contributed by atoms with Crippen LogP contribution in [0.2, 0.25) is 0 Å². The average Bonchev–Trinajstić information content (AvgIpc) is 2.99. The first-order valence-corrected chi connectivity index (χ1v) is 14.5. The number of amides is 1. The van der Waals surface area contributed by atoms with Crippen LogP contribution in [0.5, 0.6) is 5.75 Å². The summed E-state index contributed by atoms with van der Waals surface area (Å²) in [5, 5.41) is 14.3. The van der Waals surface area contributed by atoms with Crippen LogP contribution >= 0.6 is 0 Å². The van der Waals surface area contributed by atoms with Crippen molar-refractivity contribution in [1.29, 1.82) is 0 Å². The van der Waals surface area contributed by atoms with Crippen LogP contribution in [-0.4, -0.2) is 72.0 Å². The molecule has 3 aromatic carbocycles. The molecule has 1 fully saturated rings. The highest BCUT2D eigenvalue weighted by atomic mass is 19.4. The van der Waals surface area contributed by atoms with Crippen LogP contribution in [0.3, 0.4) is 0 Å². The van der Waals surface area contributed by atoms with Gasteiger partial charge in [-0.05, 0) is 66.4 Å². The molecule has 0 radical (unpaired) electrons. The lowest BCUT2D eigenvalue weighted by molar-refractivity contribution is -0.236. The zero-order chi connectivity index (χ0) is 33.4.